The van der Waals surface area contributed by atoms with Gasteiger partial charge in [-0.15, -0.1) is 0 Å². The summed E-state index contributed by atoms with van der Waals surface area (Å²) >= 11 is 0. The fourth-order valence-corrected chi connectivity index (χ4v) is 2.94. The highest BCUT2D eigenvalue weighted by Gasteiger charge is 2.12. The van der Waals surface area contributed by atoms with Crippen LogP contribution < -0.4 is 15.4 Å². The molecule has 0 saturated heterocycles. The molecular formula is C22H36N2O3. The van der Waals surface area contributed by atoms with Crippen molar-refractivity contribution in [3.05, 3.63) is 29.8 Å². The molecule has 2 N–H and O–H groups in total. The van der Waals surface area contributed by atoms with E-state index in [9.17, 15) is 9.59 Å². The third-order valence-electron chi connectivity index (χ3n) is 4.61. The number of carbonyl (C=O) groups excluding carboxylic acids is 2. The molecule has 0 unspecified atom stereocenters. The van der Waals surface area contributed by atoms with Gasteiger partial charge in [-0.05, 0) is 24.1 Å². The van der Waals surface area contributed by atoms with Crippen LogP contribution in [0, 0.1) is 0 Å². The highest BCUT2D eigenvalue weighted by atomic mass is 16.5. The minimum absolute atomic E-state index is 0.307. The Bertz CT molecular complexity index is 546. The Hall–Kier alpha value is -2.04. The zero-order chi connectivity index (χ0) is 19.7. The number of amides is 2. The zero-order valence-electron chi connectivity index (χ0n) is 17.0. The minimum Gasteiger partial charge on any atom is -0.497 e. The number of hydrogen-bond acceptors (Lipinski definition) is 3. The van der Waals surface area contributed by atoms with Crippen LogP contribution in [0.1, 0.15) is 76.7 Å². The standard InChI is InChI=1S/C22H36N2O3/c1-3-4-5-6-7-8-9-10-11-12-16-23-21(25)22(26)24-18-19-14-13-15-20(17-19)27-2/h13-15,17H,3-12,16,18H2,1-2H3,(H,23,25)(H,24,26). The molecule has 0 spiro atoms. The van der Waals surface area contributed by atoms with E-state index in [-0.39, 0.29) is 0 Å². The van der Waals surface area contributed by atoms with E-state index in [0.29, 0.717) is 13.1 Å². The van der Waals surface area contributed by atoms with E-state index in [1.807, 2.05) is 24.3 Å². The van der Waals surface area contributed by atoms with Gasteiger partial charge in [0.05, 0.1) is 7.11 Å². The molecule has 1 rings (SSSR count). The second-order valence-electron chi connectivity index (χ2n) is 6.97. The molecule has 1 aromatic carbocycles. The summed E-state index contributed by atoms with van der Waals surface area (Å²) in [5, 5.41) is 5.32. The Morgan fingerprint density at radius 1 is 0.852 bits per heavy atom. The van der Waals surface area contributed by atoms with E-state index in [1.165, 1.54) is 51.4 Å². The van der Waals surface area contributed by atoms with Crippen molar-refractivity contribution in [3.8, 4) is 5.75 Å². The van der Waals surface area contributed by atoms with Crippen molar-refractivity contribution in [2.75, 3.05) is 13.7 Å². The number of nitrogens with one attached hydrogen (secondary N) is 2. The SMILES string of the molecule is CCCCCCCCCCCCNC(=O)C(=O)NCc1cccc(OC)c1. The molecule has 0 fully saturated rings. The molecular weight excluding hydrogens is 340 g/mol. The second kappa shape index (κ2) is 15.1. The number of unbranched alkanes of at least 4 members (excludes halogenated alkanes) is 9. The maximum atomic E-state index is 11.8. The summed E-state index contributed by atoms with van der Waals surface area (Å²) < 4.78 is 5.14. The van der Waals surface area contributed by atoms with Crippen molar-refractivity contribution in [2.45, 2.75) is 77.7 Å². The van der Waals surface area contributed by atoms with Crippen molar-refractivity contribution in [1.29, 1.82) is 0 Å². The van der Waals surface area contributed by atoms with Crippen molar-refractivity contribution < 1.29 is 14.3 Å². The molecule has 0 saturated carbocycles. The topological polar surface area (TPSA) is 67.4 Å². The lowest BCUT2D eigenvalue weighted by Gasteiger charge is -2.08. The zero-order valence-corrected chi connectivity index (χ0v) is 17.0. The number of ether oxygens (including phenoxy) is 1. The highest BCUT2D eigenvalue weighted by molar-refractivity contribution is 6.35. The quantitative estimate of drug-likeness (QED) is 0.375. The fourth-order valence-electron chi connectivity index (χ4n) is 2.94. The van der Waals surface area contributed by atoms with Gasteiger partial charge in [0, 0.05) is 13.1 Å². The Morgan fingerprint density at radius 2 is 1.44 bits per heavy atom. The van der Waals surface area contributed by atoms with Gasteiger partial charge in [-0.3, -0.25) is 9.59 Å². The van der Waals surface area contributed by atoms with Gasteiger partial charge in [-0.2, -0.15) is 0 Å². The summed E-state index contributed by atoms with van der Waals surface area (Å²) in [5.41, 5.74) is 0.894. The molecule has 0 aliphatic heterocycles. The van der Waals surface area contributed by atoms with Gasteiger partial charge in [0.25, 0.3) is 0 Å². The Balaban J connectivity index is 2.01. The molecule has 1 aromatic rings. The summed E-state index contributed by atoms with van der Waals surface area (Å²) in [5.74, 6) is -0.425. The van der Waals surface area contributed by atoms with Crippen molar-refractivity contribution >= 4 is 11.8 Å². The van der Waals surface area contributed by atoms with Gasteiger partial charge in [-0.1, -0.05) is 76.8 Å². The summed E-state index contributed by atoms with van der Waals surface area (Å²) in [6.07, 6.45) is 12.5. The lowest BCUT2D eigenvalue weighted by molar-refractivity contribution is -0.139. The third-order valence-corrected chi connectivity index (χ3v) is 4.61. The van der Waals surface area contributed by atoms with Crippen LogP contribution in [0.15, 0.2) is 24.3 Å². The van der Waals surface area contributed by atoms with Crippen LogP contribution in [-0.4, -0.2) is 25.5 Å². The first-order chi connectivity index (χ1) is 13.2. The first kappa shape index (κ1) is 23.0. The maximum absolute atomic E-state index is 11.8. The number of benzene rings is 1. The molecule has 0 heterocycles. The Kier molecular flexibility index (Phi) is 12.8. The lowest BCUT2D eigenvalue weighted by Crippen LogP contribution is -2.39. The summed E-state index contributed by atoms with van der Waals surface area (Å²) in [6.45, 7) is 3.10. The smallest absolute Gasteiger partial charge is 0.309 e. The first-order valence-electron chi connectivity index (χ1n) is 10.4. The van der Waals surface area contributed by atoms with Crippen LogP contribution in [0.4, 0.5) is 0 Å². The van der Waals surface area contributed by atoms with Crippen LogP contribution in [0.3, 0.4) is 0 Å². The van der Waals surface area contributed by atoms with E-state index in [1.54, 1.807) is 7.11 Å². The molecule has 152 valence electrons. The number of rotatable bonds is 14. The summed E-state index contributed by atoms with van der Waals surface area (Å²) in [4.78, 5) is 23.6. The summed E-state index contributed by atoms with van der Waals surface area (Å²) in [7, 11) is 1.60. The molecule has 0 bridgehead atoms. The third kappa shape index (κ3) is 11.3. The number of carbonyl (C=O) groups is 2. The fraction of sp³-hybridized carbons (Fsp3) is 0.636. The van der Waals surface area contributed by atoms with Crippen molar-refractivity contribution in [2.24, 2.45) is 0 Å². The number of hydrogen-bond donors (Lipinski definition) is 2. The van der Waals surface area contributed by atoms with Gasteiger partial charge in [-0.25, -0.2) is 0 Å². The molecule has 5 nitrogen and oxygen atoms in total. The van der Waals surface area contributed by atoms with Crippen LogP contribution >= 0.6 is 0 Å². The van der Waals surface area contributed by atoms with Gasteiger partial charge in [0.1, 0.15) is 5.75 Å². The normalized spacial score (nSPS) is 10.4. The number of methoxy groups -OCH3 is 1. The minimum atomic E-state index is -0.593. The monoisotopic (exact) mass is 376 g/mol. The van der Waals surface area contributed by atoms with E-state index in [0.717, 1.165) is 24.2 Å². The molecule has 0 radical (unpaired) electrons. The van der Waals surface area contributed by atoms with Gasteiger partial charge >= 0.3 is 11.8 Å². The van der Waals surface area contributed by atoms with E-state index >= 15 is 0 Å². The second-order valence-corrected chi connectivity index (χ2v) is 6.97. The molecule has 2 amide bonds. The molecule has 5 heteroatoms. The molecule has 0 aromatic heterocycles. The highest BCUT2D eigenvalue weighted by Crippen LogP contribution is 2.12. The Morgan fingerprint density at radius 3 is 2.07 bits per heavy atom. The average Bonchev–Trinajstić information content (AvgIpc) is 2.70. The molecule has 0 aliphatic carbocycles. The summed E-state index contributed by atoms with van der Waals surface area (Å²) in [6, 6.07) is 7.41. The van der Waals surface area contributed by atoms with E-state index in [4.69, 9.17) is 4.74 Å². The van der Waals surface area contributed by atoms with Gasteiger partial charge in [0.2, 0.25) is 0 Å². The van der Waals surface area contributed by atoms with Gasteiger partial charge in [0.15, 0.2) is 0 Å². The van der Waals surface area contributed by atoms with E-state index in [2.05, 4.69) is 17.6 Å². The Labute approximate surface area is 164 Å². The largest absolute Gasteiger partial charge is 0.497 e. The van der Waals surface area contributed by atoms with Crippen LogP contribution in [0.2, 0.25) is 0 Å². The molecule has 0 atom stereocenters. The first-order valence-corrected chi connectivity index (χ1v) is 10.4. The van der Waals surface area contributed by atoms with E-state index < -0.39 is 11.8 Å². The van der Waals surface area contributed by atoms with Crippen LogP contribution in [-0.2, 0) is 16.1 Å². The van der Waals surface area contributed by atoms with Crippen LogP contribution in [0.5, 0.6) is 5.75 Å². The maximum Gasteiger partial charge on any atom is 0.309 e. The average molecular weight is 377 g/mol. The predicted molar refractivity (Wildman–Crippen MR) is 110 cm³/mol. The predicted octanol–water partition coefficient (Wildman–Crippen LogP) is 4.35. The molecule has 0 aliphatic rings. The van der Waals surface area contributed by atoms with Crippen molar-refractivity contribution in [3.63, 3.8) is 0 Å². The molecule has 27 heavy (non-hydrogen) atoms. The van der Waals surface area contributed by atoms with Crippen molar-refractivity contribution in [1.82, 2.24) is 10.6 Å². The van der Waals surface area contributed by atoms with Gasteiger partial charge < -0.3 is 15.4 Å². The van der Waals surface area contributed by atoms with Crippen LogP contribution in [0.25, 0.3) is 0 Å². The lowest BCUT2D eigenvalue weighted by atomic mass is 10.1.